The van der Waals surface area contributed by atoms with Crippen LogP contribution in [0.1, 0.15) is 24.3 Å². The van der Waals surface area contributed by atoms with Gasteiger partial charge in [-0.05, 0) is 37.9 Å². The highest BCUT2D eigenvalue weighted by Crippen LogP contribution is 2.25. The van der Waals surface area contributed by atoms with Crippen molar-refractivity contribution in [2.24, 2.45) is 5.73 Å². The Hall–Kier alpha value is -1.20. The molecule has 5 heteroatoms. The molecule has 2 rings (SSSR count). The minimum Gasteiger partial charge on any atom is -0.343 e. The van der Waals surface area contributed by atoms with Gasteiger partial charge in [-0.15, -0.1) is 0 Å². The number of likely N-dealkylation sites (tertiary alicyclic amines) is 1. The molecule has 0 saturated carbocycles. The van der Waals surface area contributed by atoms with E-state index in [0.717, 1.165) is 19.0 Å². The number of aromatic nitrogens is 2. The average Bonchev–Trinajstić information content (AvgIpc) is 2.39. The average molecular weight is 249 g/mol. The number of hydrogen-bond acceptors (Lipinski definition) is 5. The SMILES string of the molecule is CN1CCCC(c2cnc(N(C)CCN)nc2)C1. The third-order valence-corrected chi connectivity index (χ3v) is 3.56. The van der Waals surface area contributed by atoms with Crippen molar-refractivity contribution in [1.82, 2.24) is 14.9 Å². The van der Waals surface area contributed by atoms with Crippen LogP contribution < -0.4 is 10.6 Å². The summed E-state index contributed by atoms with van der Waals surface area (Å²) in [4.78, 5) is 13.2. The van der Waals surface area contributed by atoms with Crippen LogP contribution in [0.25, 0.3) is 0 Å². The van der Waals surface area contributed by atoms with Gasteiger partial charge in [0.05, 0.1) is 0 Å². The van der Waals surface area contributed by atoms with Crippen LogP contribution in [0, 0.1) is 0 Å². The number of nitrogens with two attached hydrogens (primary N) is 1. The quantitative estimate of drug-likeness (QED) is 0.850. The first-order valence-corrected chi connectivity index (χ1v) is 6.62. The molecular weight excluding hydrogens is 226 g/mol. The fourth-order valence-corrected chi connectivity index (χ4v) is 2.47. The zero-order valence-corrected chi connectivity index (χ0v) is 11.3. The molecule has 5 nitrogen and oxygen atoms in total. The standard InChI is InChI=1S/C13H23N5/c1-17-6-3-4-11(10-17)12-8-15-13(16-9-12)18(2)7-5-14/h8-9,11H,3-7,10,14H2,1-2H3. The van der Waals surface area contributed by atoms with Crippen molar-refractivity contribution in [3.63, 3.8) is 0 Å². The number of hydrogen-bond donors (Lipinski definition) is 1. The van der Waals surface area contributed by atoms with Crippen molar-refractivity contribution in [2.45, 2.75) is 18.8 Å². The van der Waals surface area contributed by atoms with Crippen molar-refractivity contribution < 1.29 is 0 Å². The van der Waals surface area contributed by atoms with Gasteiger partial charge in [0.2, 0.25) is 5.95 Å². The van der Waals surface area contributed by atoms with Crippen LogP contribution in [-0.2, 0) is 0 Å². The number of piperidine rings is 1. The van der Waals surface area contributed by atoms with E-state index in [2.05, 4.69) is 21.9 Å². The molecule has 18 heavy (non-hydrogen) atoms. The lowest BCUT2D eigenvalue weighted by Crippen LogP contribution is -2.31. The number of likely N-dealkylation sites (N-methyl/N-ethyl adjacent to an activating group) is 2. The van der Waals surface area contributed by atoms with E-state index < -0.39 is 0 Å². The Morgan fingerprint density at radius 1 is 1.44 bits per heavy atom. The minimum absolute atomic E-state index is 0.581. The van der Waals surface area contributed by atoms with Gasteiger partial charge in [-0.3, -0.25) is 0 Å². The highest BCUT2D eigenvalue weighted by atomic mass is 15.2. The molecule has 1 atom stereocenters. The molecule has 1 aliphatic rings. The molecule has 0 aromatic carbocycles. The molecule has 0 bridgehead atoms. The molecule has 0 spiro atoms. The van der Waals surface area contributed by atoms with E-state index in [9.17, 15) is 0 Å². The molecule has 1 unspecified atom stereocenters. The maximum atomic E-state index is 5.53. The van der Waals surface area contributed by atoms with E-state index in [1.165, 1.54) is 24.9 Å². The Balaban J connectivity index is 2.02. The summed E-state index contributed by atoms with van der Waals surface area (Å²) in [5, 5.41) is 0. The second kappa shape index (κ2) is 6.11. The van der Waals surface area contributed by atoms with E-state index in [1.807, 2.05) is 24.3 Å². The predicted octanol–water partition coefficient (Wildman–Crippen LogP) is 0.681. The summed E-state index contributed by atoms with van der Waals surface area (Å²) in [5.74, 6) is 1.34. The van der Waals surface area contributed by atoms with Crippen LogP contribution >= 0.6 is 0 Å². The monoisotopic (exact) mass is 249 g/mol. The van der Waals surface area contributed by atoms with Crippen molar-refractivity contribution in [1.29, 1.82) is 0 Å². The summed E-state index contributed by atoms with van der Waals surface area (Å²) in [6.07, 6.45) is 6.44. The van der Waals surface area contributed by atoms with Gasteiger partial charge < -0.3 is 15.5 Å². The van der Waals surface area contributed by atoms with E-state index in [-0.39, 0.29) is 0 Å². The first-order valence-electron chi connectivity index (χ1n) is 6.62. The highest BCUT2D eigenvalue weighted by molar-refractivity contribution is 5.29. The minimum atomic E-state index is 0.581. The molecule has 0 aliphatic carbocycles. The molecular formula is C13H23N5. The normalized spacial score (nSPS) is 20.9. The maximum absolute atomic E-state index is 5.53. The highest BCUT2D eigenvalue weighted by Gasteiger charge is 2.19. The lowest BCUT2D eigenvalue weighted by atomic mass is 9.93. The molecule has 2 N–H and O–H groups in total. The van der Waals surface area contributed by atoms with Crippen molar-refractivity contribution in [3.8, 4) is 0 Å². The maximum Gasteiger partial charge on any atom is 0.225 e. The number of rotatable bonds is 4. The smallest absolute Gasteiger partial charge is 0.225 e. The molecule has 1 fully saturated rings. The number of anilines is 1. The van der Waals surface area contributed by atoms with Crippen LogP contribution in [0.5, 0.6) is 0 Å². The fourth-order valence-electron chi connectivity index (χ4n) is 2.47. The van der Waals surface area contributed by atoms with Crippen LogP contribution in [0.15, 0.2) is 12.4 Å². The molecule has 100 valence electrons. The third kappa shape index (κ3) is 3.17. The van der Waals surface area contributed by atoms with Gasteiger partial charge >= 0.3 is 0 Å². The summed E-state index contributed by atoms with van der Waals surface area (Å²) >= 11 is 0. The lowest BCUT2D eigenvalue weighted by molar-refractivity contribution is 0.250. The molecule has 0 amide bonds. The van der Waals surface area contributed by atoms with Gasteiger partial charge in [0.1, 0.15) is 0 Å². The molecule has 0 radical (unpaired) electrons. The van der Waals surface area contributed by atoms with E-state index in [4.69, 9.17) is 5.73 Å². The zero-order valence-electron chi connectivity index (χ0n) is 11.3. The van der Waals surface area contributed by atoms with Gasteiger partial charge in [0.25, 0.3) is 0 Å². The van der Waals surface area contributed by atoms with Crippen LogP contribution in [-0.4, -0.2) is 55.1 Å². The second-order valence-electron chi connectivity index (χ2n) is 5.13. The Labute approximate surface area is 109 Å². The first-order chi connectivity index (χ1) is 8.70. The van der Waals surface area contributed by atoms with Crippen molar-refractivity contribution >= 4 is 5.95 Å². The number of nitrogens with zero attached hydrogens (tertiary/aromatic N) is 4. The summed E-state index contributed by atoms with van der Waals surface area (Å²) < 4.78 is 0. The Kier molecular flexibility index (Phi) is 4.49. The Morgan fingerprint density at radius 3 is 2.78 bits per heavy atom. The van der Waals surface area contributed by atoms with Crippen molar-refractivity contribution in [2.75, 3.05) is 45.2 Å². The van der Waals surface area contributed by atoms with Crippen LogP contribution in [0.3, 0.4) is 0 Å². The Bertz CT molecular complexity index is 364. The molecule has 1 aromatic heterocycles. The molecule has 1 aromatic rings. The summed E-state index contributed by atoms with van der Waals surface area (Å²) in [7, 11) is 4.15. The summed E-state index contributed by atoms with van der Waals surface area (Å²) in [5.41, 5.74) is 6.78. The van der Waals surface area contributed by atoms with E-state index in [1.54, 1.807) is 0 Å². The molecule has 1 saturated heterocycles. The largest absolute Gasteiger partial charge is 0.343 e. The van der Waals surface area contributed by atoms with Gasteiger partial charge in [-0.1, -0.05) is 0 Å². The molecule has 1 aliphatic heterocycles. The van der Waals surface area contributed by atoms with Gasteiger partial charge in [-0.2, -0.15) is 0 Å². The third-order valence-electron chi connectivity index (χ3n) is 3.56. The van der Waals surface area contributed by atoms with E-state index in [0.29, 0.717) is 12.5 Å². The van der Waals surface area contributed by atoms with Gasteiger partial charge in [-0.25, -0.2) is 9.97 Å². The van der Waals surface area contributed by atoms with E-state index >= 15 is 0 Å². The summed E-state index contributed by atoms with van der Waals surface area (Å²) in [6, 6.07) is 0. The van der Waals surface area contributed by atoms with Gasteiger partial charge in [0, 0.05) is 39.1 Å². The predicted molar refractivity (Wildman–Crippen MR) is 73.8 cm³/mol. The lowest BCUT2D eigenvalue weighted by Gasteiger charge is -2.29. The fraction of sp³-hybridized carbons (Fsp3) is 0.692. The van der Waals surface area contributed by atoms with Gasteiger partial charge in [0.15, 0.2) is 0 Å². The molecule has 2 heterocycles. The van der Waals surface area contributed by atoms with Crippen LogP contribution in [0.2, 0.25) is 0 Å². The Morgan fingerprint density at radius 2 is 2.17 bits per heavy atom. The van der Waals surface area contributed by atoms with Crippen LogP contribution in [0.4, 0.5) is 5.95 Å². The first kappa shape index (κ1) is 13.2. The van der Waals surface area contributed by atoms with Crippen molar-refractivity contribution in [3.05, 3.63) is 18.0 Å². The summed E-state index contributed by atoms with van der Waals surface area (Å²) in [6.45, 7) is 3.72. The zero-order chi connectivity index (χ0) is 13.0. The second-order valence-corrected chi connectivity index (χ2v) is 5.13. The topological polar surface area (TPSA) is 58.3 Å².